The van der Waals surface area contributed by atoms with Gasteiger partial charge in [-0.15, -0.1) is 0 Å². The number of hydrogen-bond acceptors (Lipinski definition) is 5. The van der Waals surface area contributed by atoms with E-state index in [1.54, 1.807) is 12.1 Å². The molecule has 0 spiro atoms. The van der Waals surface area contributed by atoms with Gasteiger partial charge in [-0.2, -0.15) is 0 Å². The summed E-state index contributed by atoms with van der Waals surface area (Å²) in [6, 6.07) is 4.56. The summed E-state index contributed by atoms with van der Waals surface area (Å²) in [5, 5.41) is 18.2. The van der Waals surface area contributed by atoms with Crippen LogP contribution in [-0.4, -0.2) is 25.7 Å². The van der Waals surface area contributed by atoms with E-state index < -0.39 is 15.6 Å². The van der Waals surface area contributed by atoms with E-state index in [-0.39, 0.29) is 11.5 Å². The lowest BCUT2D eigenvalue weighted by Gasteiger charge is -2.40. The minimum absolute atomic E-state index is 0.0334. The molecule has 0 amide bonds. The Balaban J connectivity index is 2.34. The largest absolute Gasteiger partial charge is 0.399 e. The van der Waals surface area contributed by atoms with E-state index in [4.69, 9.17) is 10.9 Å². The zero-order valence-electron chi connectivity index (χ0n) is 12.2. The number of sulfonamides is 1. The average Bonchev–Trinajstić information content (AvgIpc) is 2.42. The molecule has 0 aliphatic heterocycles. The first-order valence-electron chi connectivity index (χ1n) is 7.07. The molecule has 0 unspecified atom stereocenters. The van der Waals surface area contributed by atoms with Crippen molar-refractivity contribution in [1.29, 1.82) is 0 Å². The van der Waals surface area contributed by atoms with Crippen molar-refractivity contribution in [2.45, 2.75) is 43.0 Å². The third-order valence-electron chi connectivity index (χ3n) is 4.25. The number of nitrogens with two attached hydrogens (primary N) is 2. The number of benzene rings is 1. The number of nitrogen functional groups attached to an aromatic ring is 1. The van der Waals surface area contributed by atoms with Crippen LogP contribution in [0, 0.1) is 5.92 Å². The molecule has 2 rings (SSSR count). The smallest absolute Gasteiger partial charge is 0.240 e. The molecule has 0 radical (unpaired) electrons. The Kier molecular flexibility index (Phi) is 4.46. The van der Waals surface area contributed by atoms with Crippen LogP contribution >= 0.6 is 0 Å². The highest BCUT2D eigenvalue weighted by Crippen LogP contribution is 2.36. The van der Waals surface area contributed by atoms with E-state index in [0.717, 1.165) is 25.7 Å². The molecule has 1 aliphatic rings. The Hall–Kier alpha value is -1.31. The van der Waals surface area contributed by atoms with E-state index in [1.165, 1.54) is 6.07 Å². The van der Waals surface area contributed by atoms with Crippen LogP contribution in [-0.2, 0) is 10.0 Å². The second-order valence-corrected chi connectivity index (χ2v) is 7.58. The normalized spacial score (nSPS) is 26.5. The second kappa shape index (κ2) is 5.82. The van der Waals surface area contributed by atoms with Crippen LogP contribution in [0.1, 0.15) is 32.6 Å². The van der Waals surface area contributed by atoms with Crippen molar-refractivity contribution < 1.29 is 13.5 Å². The molecule has 21 heavy (non-hydrogen) atoms. The maximum absolute atomic E-state index is 11.7. The number of aliphatic hydroxyl groups is 1. The van der Waals surface area contributed by atoms with Gasteiger partial charge in [-0.3, -0.25) is 0 Å². The van der Waals surface area contributed by atoms with Gasteiger partial charge in [0.1, 0.15) is 4.90 Å². The first-order chi connectivity index (χ1) is 9.76. The Morgan fingerprint density at radius 2 is 2.00 bits per heavy atom. The van der Waals surface area contributed by atoms with Crippen LogP contribution in [0.15, 0.2) is 23.1 Å². The van der Waals surface area contributed by atoms with E-state index in [9.17, 15) is 13.5 Å². The predicted octanol–water partition coefficient (Wildman–Crippen LogP) is 1.27. The maximum atomic E-state index is 11.7. The SMILES string of the molecule is CC1CCC(CO)(Nc2ccc(N)cc2S(N)(=O)=O)CC1. The first-order valence-corrected chi connectivity index (χ1v) is 8.62. The topological polar surface area (TPSA) is 118 Å². The summed E-state index contributed by atoms with van der Waals surface area (Å²) in [6.07, 6.45) is 3.57. The van der Waals surface area contributed by atoms with Gasteiger partial charge < -0.3 is 16.2 Å². The van der Waals surface area contributed by atoms with Crippen molar-refractivity contribution in [3.63, 3.8) is 0 Å². The summed E-state index contributed by atoms with van der Waals surface area (Å²) in [5.74, 6) is 0.621. The predicted molar refractivity (Wildman–Crippen MR) is 83.3 cm³/mol. The highest BCUT2D eigenvalue weighted by Gasteiger charge is 2.34. The molecule has 1 aromatic carbocycles. The summed E-state index contributed by atoms with van der Waals surface area (Å²) in [7, 11) is -3.88. The van der Waals surface area contributed by atoms with Crippen LogP contribution in [0.5, 0.6) is 0 Å². The van der Waals surface area contributed by atoms with Crippen LogP contribution in [0.4, 0.5) is 11.4 Å². The van der Waals surface area contributed by atoms with Gasteiger partial charge in [0.15, 0.2) is 0 Å². The molecular weight excluding hydrogens is 290 g/mol. The van der Waals surface area contributed by atoms with Gasteiger partial charge in [0.05, 0.1) is 17.8 Å². The fraction of sp³-hybridized carbons (Fsp3) is 0.571. The molecule has 1 saturated carbocycles. The number of primary sulfonamides is 1. The van der Waals surface area contributed by atoms with E-state index in [1.807, 2.05) is 0 Å². The number of hydrogen-bond donors (Lipinski definition) is 4. The lowest BCUT2D eigenvalue weighted by atomic mass is 9.77. The molecule has 1 aromatic rings. The van der Waals surface area contributed by atoms with Gasteiger partial charge in [0.2, 0.25) is 10.0 Å². The standard InChI is InChI=1S/C14H23N3O3S/c1-10-4-6-14(9-18,7-5-10)17-12-3-2-11(15)8-13(12)21(16,19)20/h2-3,8,10,17-18H,4-7,9,15H2,1H3,(H2,16,19,20). The molecule has 7 heteroatoms. The van der Waals surface area contributed by atoms with Gasteiger partial charge in [-0.25, -0.2) is 13.6 Å². The Morgan fingerprint density at radius 1 is 1.38 bits per heavy atom. The second-order valence-electron chi connectivity index (χ2n) is 6.05. The van der Waals surface area contributed by atoms with Crippen molar-refractivity contribution in [2.75, 3.05) is 17.7 Å². The van der Waals surface area contributed by atoms with Crippen molar-refractivity contribution in [3.8, 4) is 0 Å². The summed E-state index contributed by atoms with van der Waals surface area (Å²) in [6.45, 7) is 2.13. The number of rotatable bonds is 4. The monoisotopic (exact) mass is 313 g/mol. The molecule has 118 valence electrons. The number of aliphatic hydroxyl groups excluding tert-OH is 1. The summed E-state index contributed by atoms with van der Waals surface area (Å²) in [4.78, 5) is -0.0334. The molecule has 6 N–H and O–H groups in total. The highest BCUT2D eigenvalue weighted by atomic mass is 32.2. The summed E-state index contributed by atoms with van der Waals surface area (Å²) in [5.41, 5.74) is 5.88. The van der Waals surface area contributed by atoms with Crippen LogP contribution in [0.25, 0.3) is 0 Å². The summed E-state index contributed by atoms with van der Waals surface area (Å²) >= 11 is 0. The molecule has 1 aliphatic carbocycles. The zero-order valence-corrected chi connectivity index (χ0v) is 13.0. The molecule has 1 fully saturated rings. The Morgan fingerprint density at radius 3 is 2.52 bits per heavy atom. The van der Waals surface area contributed by atoms with E-state index >= 15 is 0 Å². The van der Waals surface area contributed by atoms with Crippen LogP contribution in [0.2, 0.25) is 0 Å². The fourth-order valence-corrected chi connectivity index (χ4v) is 3.53. The molecule has 0 aromatic heterocycles. The molecule has 6 nitrogen and oxygen atoms in total. The minimum Gasteiger partial charge on any atom is -0.399 e. The fourth-order valence-electron chi connectivity index (χ4n) is 2.80. The minimum atomic E-state index is -3.88. The Labute approximate surface area is 125 Å². The third-order valence-corrected chi connectivity index (χ3v) is 5.20. The van der Waals surface area contributed by atoms with Crippen LogP contribution in [0.3, 0.4) is 0 Å². The molecule has 0 atom stereocenters. The maximum Gasteiger partial charge on any atom is 0.240 e. The molecular formula is C14H23N3O3S. The number of nitrogens with one attached hydrogen (secondary N) is 1. The van der Waals surface area contributed by atoms with Crippen molar-refractivity contribution >= 4 is 21.4 Å². The summed E-state index contributed by atoms with van der Waals surface area (Å²) < 4.78 is 23.4. The quantitative estimate of drug-likeness (QED) is 0.624. The third kappa shape index (κ3) is 3.66. The van der Waals surface area contributed by atoms with Gasteiger partial charge in [0, 0.05) is 5.69 Å². The molecule has 0 heterocycles. The number of anilines is 2. The molecule has 0 saturated heterocycles. The lowest BCUT2D eigenvalue weighted by Crippen LogP contribution is -2.45. The Bertz CT molecular complexity index is 608. The van der Waals surface area contributed by atoms with Crippen molar-refractivity contribution in [3.05, 3.63) is 18.2 Å². The lowest BCUT2D eigenvalue weighted by molar-refractivity contribution is 0.155. The average molecular weight is 313 g/mol. The van der Waals surface area contributed by atoms with E-state index in [0.29, 0.717) is 17.3 Å². The van der Waals surface area contributed by atoms with Gasteiger partial charge in [-0.05, 0) is 49.8 Å². The highest BCUT2D eigenvalue weighted by molar-refractivity contribution is 7.89. The van der Waals surface area contributed by atoms with Gasteiger partial charge in [-0.1, -0.05) is 6.92 Å². The van der Waals surface area contributed by atoms with Gasteiger partial charge >= 0.3 is 0 Å². The first kappa shape index (κ1) is 16.1. The van der Waals surface area contributed by atoms with Crippen molar-refractivity contribution in [1.82, 2.24) is 0 Å². The van der Waals surface area contributed by atoms with Gasteiger partial charge in [0.25, 0.3) is 0 Å². The zero-order chi connectivity index (χ0) is 15.7. The van der Waals surface area contributed by atoms with Crippen molar-refractivity contribution in [2.24, 2.45) is 11.1 Å². The van der Waals surface area contributed by atoms with Crippen LogP contribution < -0.4 is 16.2 Å². The van der Waals surface area contributed by atoms with E-state index in [2.05, 4.69) is 12.2 Å². The molecule has 0 bridgehead atoms.